The molecule has 9 heteroatoms. The molecule has 5 aromatic rings. The zero-order chi connectivity index (χ0) is 23.8. The molecule has 0 atom stereocenters. The van der Waals surface area contributed by atoms with Crippen LogP contribution in [0.3, 0.4) is 0 Å². The maximum absolute atomic E-state index is 13.6. The molecule has 0 aliphatic carbocycles. The van der Waals surface area contributed by atoms with Crippen molar-refractivity contribution in [3.8, 4) is 11.3 Å². The number of halogens is 1. The topological polar surface area (TPSA) is 93.4 Å². The largest absolute Gasteiger partial charge is 0.378 e. The maximum Gasteiger partial charge on any atom is 0.256 e. The number of nitrogens with one attached hydrogen (secondary N) is 1. The van der Waals surface area contributed by atoms with Gasteiger partial charge in [-0.25, -0.2) is 9.61 Å². The van der Waals surface area contributed by atoms with Crippen LogP contribution >= 0.6 is 11.6 Å². The minimum atomic E-state index is -0.291. The number of ether oxygens (including phenoxy) is 1. The minimum absolute atomic E-state index is 0.291. The lowest BCUT2D eigenvalue weighted by molar-refractivity contribution is 0.102. The number of pyridine rings is 1. The number of carbonyl (C=O) groups is 1. The Morgan fingerprint density at radius 1 is 0.943 bits per heavy atom. The van der Waals surface area contributed by atoms with Crippen molar-refractivity contribution >= 4 is 50.8 Å². The molecule has 2 aromatic heterocycles. The molecular formula is C26H20ClN5O3. The van der Waals surface area contributed by atoms with E-state index in [4.69, 9.17) is 26.0 Å². The maximum atomic E-state index is 13.6. The predicted octanol–water partition coefficient (Wildman–Crippen LogP) is 5.18. The fraction of sp³-hybridized carbons (Fsp3) is 0.154. The molecule has 3 aromatic carbocycles. The van der Waals surface area contributed by atoms with Gasteiger partial charge >= 0.3 is 0 Å². The van der Waals surface area contributed by atoms with Gasteiger partial charge in [0.15, 0.2) is 11.0 Å². The van der Waals surface area contributed by atoms with Gasteiger partial charge in [-0.05, 0) is 40.6 Å². The van der Waals surface area contributed by atoms with Crippen molar-refractivity contribution in [3.05, 3.63) is 77.3 Å². The highest BCUT2D eigenvalue weighted by molar-refractivity contribution is 6.33. The number of fused-ring (bicyclic) bond motifs is 2. The van der Waals surface area contributed by atoms with E-state index in [2.05, 4.69) is 20.5 Å². The third-order valence-corrected chi connectivity index (χ3v) is 6.43. The van der Waals surface area contributed by atoms with Crippen molar-refractivity contribution in [3.63, 3.8) is 0 Å². The van der Waals surface area contributed by atoms with E-state index in [1.165, 1.54) is 0 Å². The minimum Gasteiger partial charge on any atom is -0.378 e. The fourth-order valence-corrected chi connectivity index (χ4v) is 4.61. The zero-order valence-corrected chi connectivity index (χ0v) is 19.3. The second-order valence-corrected chi connectivity index (χ2v) is 8.61. The van der Waals surface area contributed by atoms with Gasteiger partial charge in [-0.3, -0.25) is 4.79 Å². The molecule has 0 bridgehead atoms. The first-order valence-corrected chi connectivity index (χ1v) is 11.6. The number of aromatic nitrogens is 3. The molecule has 3 heterocycles. The van der Waals surface area contributed by atoms with E-state index < -0.39 is 0 Å². The quantitative estimate of drug-likeness (QED) is 0.375. The Labute approximate surface area is 205 Å². The van der Waals surface area contributed by atoms with E-state index in [0.29, 0.717) is 51.7 Å². The summed E-state index contributed by atoms with van der Waals surface area (Å²) in [4.78, 5) is 20.5. The van der Waals surface area contributed by atoms with E-state index in [0.717, 1.165) is 29.7 Å². The van der Waals surface area contributed by atoms with Crippen molar-refractivity contribution in [2.45, 2.75) is 0 Å². The number of nitrogens with zero attached hydrogens (tertiary/aromatic N) is 4. The van der Waals surface area contributed by atoms with Crippen LogP contribution in [0, 0.1) is 0 Å². The van der Waals surface area contributed by atoms with Crippen molar-refractivity contribution < 1.29 is 14.2 Å². The van der Waals surface area contributed by atoms with Gasteiger partial charge in [-0.1, -0.05) is 48.0 Å². The van der Waals surface area contributed by atoms with Gasteiger partial charge in [-0.2, -0.15) is 0 Å². The first-order chi connectivity index (χ1) is 17.2. The molecule has 174 valence electrons. The van der Waals surface area contributed by atoms with Crippen LogP contribution in [-0.4, -0.2) is 47.5 Å². The summed E-state index contributed by atoms with van der Waals surface area (Å²) in [6.45, 7) is 2.80. The second-order valence-electron chi connectivity index (χ2n) is 8.20. The third-order valence-electron chi connectivity index (χ3n) is 6.10. The smallest absolute Gasteiger partial charge is 0.256 e. The summed E-state index contributed by atoms with van der Waals surface area (Å²) in [6.07, 6.45) is 0. The normalized spacial score (nSPS) is 13.9. The van der Waals surface area contributed by atoms with E-state index in [1.807, 2.05) is 54.6 Å². The van der Waals surface area contributed by atoms with Crippen molar-refractivity contribution in [1.29, 1.82) is 0 Å². The lowest BCUT2D eigenvalue weighted by Gasteiger charge is -2.28. The Hall–Kier alpha value is -4.01. The summed E-state index contributed by atoms with van der Waals surface area (Å²) >= 11 is 6.43. The molecule has 0 unspecified atom stereocenters. The van der Waals surface area contributed by atoms with Crippen LogP contribution in [0.15, 0.2) is 71.4 Å². The summed E-state index contributed by atoms with van der Waals surface area (Å²) in [5.74, 6) is -0.291. The number of para-hydroxylation sites is 1. The number of benzene rings is 3. The number of amides is 1. The molecule has 0 radical (unpaired) electrons. The Morgan fingerprint density at radius 3 is 2.57 bits per heavy atom. The number of hydrogen-bond acceptors (Lipinski definition) is 7. The molecule has 1 amide bonds. The highest BCUT2D eigenvalue weighted by Crippen LogP contribution is 2.33. The van der Waals surface area contributed by atoms with Gasteiger partial charge in [0.25, 0.3) is 5.91 Å². The number of hydrogen-bond donors (Lipinski definition) is 1. The van der Waals surface area contributed by atoms with Crippen molar-refractivity contribution in [2.24, 2.45) is 0 Å². The monoisotopic (exact) mass is 485 g/mol. The molecule has 35 heavy (non-hydrogen) atoms. The zero-order valence-electron chi connectivity index (χ0n) is 18.6. The fourth-order valence-electron chi connectivity index (χ4n) is 4.37. The molecular weight excluding hydrogens is 466 g/mol. The average molecular weight is 486 g/mol. The molecule has 0 saturated carbocycles. The van der Waals surface area contributed by atoms with Crippen molar-refractivity contribution in [1.82, 2.24) is 15.3 Å². The molecule has 1 saturated heterocycles. The first-order valence-electron chi connectivity index (χ1n) is 11.2. The summed E-state index contributed by atoms with van der Waals surface area (Å²) in [5, 5.41) is 12.5. The van der Waals surface area contributed by atoms with E-state index in [-0.39, 0.29) is 5.91 Å². The van der Waals surface area contributed by atoms with E-state index >= 15 is 0 Å². The van der Waals surface area contributed by atoms with E-state index in [9.17, 15) is 4.79 Å². The van der Waals surface area contributed by atoms with E-state index in [1.54, 1.807) is 12.1 Å². The Kier molecular flexibility index (Phi) is 5.52. The third kappa shape index (κ3) is 3.96. The SMILES string of the molecule is O=C(Nc1ccc(N2CCOCC2)c2nonc12)c1cc(-c2ccccc2Cl)nc2ccccc12. The van der Waals surface area contributed by atoms with Crippen LogP contribution in [0.5, 0.6) is 0 Å². The van der Waals surface area contributed by atoms with Gasteiger partial charge in [0.1, 0.15) is 0 Å². The summed E-state index contributed by atoms with van der Waals surface area (Å²) in [5.41, 5.74) is 5.06. The Morgan fingerprint density at radius 2 is 1.71 bits per heavy atom. The molecule has 8 nitrogen and oxygen atoms in total. The van der Waals surface area contributed by atoms with Crippen molar-refractivity contribution in [2.75, 3.05) is 36.5 Å². The molecule has 1 aliphatic heterocycles. The van der Waals surface area contributed by atoms with Gasteiger partial charge < -0.3 is 15.0 Å². The number of anilines is 2. The Balaban J connectivity index is 1.40. The predicted molar refractivity (Wildman–Crippen MR) is 135 cm³/mol. The van der Waals surface area contributed by atoms with Gasteiger partial charge in [-0.15, -0.1) is 0 Å². The van der Waals surface area contributed by atoms with Crippen LogP contribution < -0.4 is 10.2 Å². The lowest BCUT2D eigenvalue weighted by Crippen LogP contribution is -2.36. The summed E-state index contributed by atoms with van der Waals surface area (Å²) in [7, 11) is 0. The van der Waals surface area contributed by atoms with Gasteiger partial charge in [0.05, 0.1) is 41.4 Å². The standard InChI is InChI=1S/C26H20ClN5O3/c27-19-7-3-1-6-17(19)22-15-18(16-5-2-4-8-20(16)28-22)26(33)29-21-9-10-23(25-24(21)30-35-31-25)32-11-13-34-14-12-32/h1-10,15H,11-14H2,(H,29,33). The van der Waals surface area contributed by atoms with Crippen LogP contribution in [0.25, 0.3) is 33.2 Å². The molecule has 0 spiro atoms. The molecule has 6 rings (SSSR count). The molecule has 1 N–H and O–H groups in total. The molecule has 1 fully saturated rings. The highest BCUT2D eigenvalue weighted by atomic mass is 35.5. The van der Waals surface area contributed by atoms with Crippen LogP contribution in [0.2, 0.25) is 5.02 Å². The highest BCUT2D eigenvalue weighted by Gasteiger charge is 2.21. The van der Waals surface area contributed by atoms with Crippen LogP contribution in [-0.2, 0) is 4.74 Å². The second kappa shape index (κ2) is 8.98. The Bertz CT molecular complexity index is 1560. The van der Waals surface area contributed by atoms with Crippen LogP contribution in [0.4, 0.5) is 11.4 Å². The molecule has 1 aliphatic rings. The van der Waals surface area contributed by atoms with Gasteiger partial charge in [0.2, 0.25) is 0 Å². The van der Waals surface area contributed by atoms with Gasteiger partial charge in [0, 0.05) is 29.1 Å². The summed E-state index contributed by atoms with van der Waals surface area (Å²) < 4.78 is 10.5. The number of rotatable bonds is 4. The summed E-state index contributed by atoms with van der Waals surface area (Å²) in [6, 6.07) is 20.5. The average Bonchev–Trinajstić information content (AvgIpc) is 3.39. The van der Waals surface area contributed by atoms with Crippen LogP contribution in [0.1, 0.15) is 10.4 Å². The first kappa shape index (κ1) is 21.5. The number of morpholine rings is 1. The lowest BCUT2D eigenvalue weighted by atomic mass is 10.0. The number of carbonyl (C=O) groups excluding carboxylic acids is 1.